The van der Waals surface area contributed by atoms with Crippen molar-refractivity contribution in [3.05, 3.63) is 47.2 Å². The highest BCUT2D eigenvalue weighted by molar-refractivity contribution is 6.32. The van der Waals surface area contributed by atoms with E-state index in [9.17, 15) is 9.59 Å². The van der Waals surface area contributed by atoms with E-state index in [1.165, 1.54) is 10.7 Å². The Kier molecular flexibility index (Phi) is 5.14. The van der Waals surface area contributed by atoms with Crippen molar-refractivity contribution in [2.75, 3.05) is 0 Å². The maximum atomic E-state index is 12.3. The number of para-hydroxylation sites is 1. The fourth-order valence-electron chi connectivity index (χ4n) is 1.98. The van der Waals surface area contributed by atoms with Crippen LogP contribution in [0, 0.1) is 17.2 Å². The summed E-state index contributed by atoms with van der Waals surface area (Å²) in [6, 6.07) is 10.0. The Morgan fingerprint density at radius 1 is 1.30 bits per heavy atom. The molecule has 1 aromatic carbocycles. The third kappa shape index (κ3) is 3.76. The molecule has 0 saturated carbocycles. The van der Waals surface area contributed by atoms with Crippen LogP contribution in [-0.2, 0) is 4.79 Å². The highest BCUT2D eigenvalue weighted by Crippen LogP contribution is 2.19. The highest BCUT2D eigenvalue weighted by atomic mass is 35.5. The van der Waals surface area contributed by atoms with Crippen molar-refractivity contribution < 1.29 is 9.59 Å². The number of benzene rings is 1. The lowest BCUT2D eigenvalue weighted by atomic mass is 10.0. The minimum absolute atomic E-state index is 0.0374. The van der Waals surface area contributed by atoms with Crippen molar-refractivity contribution >= 4 is 23.3 Å². The molecule has 0 fully saturated rings. The molecule has 1 N–H and O–H groups in total. The molecule has 0 saturated heterocycles. The second-order valence-corrected chi connectivity index (χ2v) is 5.59. The average molecular weight is 331 g/mol. The number of hydrogen-bond acceptors (Lipinski definition) is 4. The summed E-state index contributed by atoms with van der Waals surface area (Å²) in [5, 5.41) is 16.3. The van der Waals surface area contributed by atoms with Crippen LogP contribution in [0.15, 0.2) is 36.5 Å². The Morgan fingerprint density at radius 2 is 2.00 bits per heavy atom. The van der Waals surface area contributed by atoms with Gasteiger partial charge in [-0.2, -0.15) is 10.4 Å². The summed E-state index contributed by atoms with van der Waals surface area (Å²) in [6.45, 7) is 3.51. The van der Waals surface area contributed by atoms with Gasteiger partial charge in [-0.05, 0) is 32.0 Å². The molecule has 0 spiro atoms. The van der Waals surface area contributed by atoms with Crippen molar-refractivity contribution in [2.45, 2.75) is 19.9 Å². The number of carbonyl (C=O) groups is 2. The number of ketones is 1. The minimum atomic E-state index is -1.42. The van der Waals surface area contributed by atoms with Gasteiger partial charge in [-0.3, -0.25) is 9.59 Å². The lowest BCUT2D eigenvalue weighted by Gasteiger charge is -2.11. The lowest BCUT2D eigenvalue weighted by Crippen LogP contribution is -2.38. The van der Waals surface area contributed by atoms with Crippen molar-refractivity contribution in [1.29, 1.82) is 5.26 Å². The van der Waals surface area contributed by atoms with E-state index in [1.54, 1.807) is 50.4 Å². The summed E-state index contributed by atoms with van der Waals surface area (Å²) in [6.07, 6.45) is 1.56. The number of nitrogens with one attached hydrogen (secondary N) is 1. The zero-order valence-electron chi connectivity index (χ0n) is 12.7. The minimum Gasteiger partial charge on any atom is -0.352 e. The number of amides is 1. The number of aromatic nitrogens is 2. The number of Topliss-reactive ketones (excluding diaryl/α,β-unsaturated/α-hetero) is 1. The van der Waals surface area contributed by atoms with Gasteiger partial charge in [0.15, 0.2) is 5.92 Å². The first-order chi connectivity index (χ1) is 10.9. The zero-order chi connectivity index (χ0) is 17.0. The molecule has 0 aliphatic carbocycles. The zero-order valence-corrected chi connectivity index (χ0v) is 13.4. The standard InChI is InChI=1S/C16H15ClN4O2/c1-10(2)19-16(23)11(9-18)15(22)13-7-8-21(20-13)14-6-4-3-5-12(14)17/h3-8,10-11H,1-2H3,(H,19,23)/t11-/m1/s1. The first-order valence-electron chi connectivity index (χ1n) is 6.99. The van der Waals surface area contributed by atoms with Crippen LogP contribution >= 0.6 is 11.6 Å². The molecular formula is C16H15ClN4O2. The van der Waals surface area contributed by atoms with Crippen molar-refractivity contribution in [3.63, 3.8) is 0 Å². The van der Waals surface area contributed by atoms with Gasteiger partial charge < -0.3 is 5.32 Å². The number of nitriles is 1. The molecule has 0 aliphatic rings. The van der Waals surface area contributed by atoms with Crippen molar-refractivity contribution in [3.8, 4) is 11.8 Å². The van der Waals surface area contributed by atoms with Crippen LogP contribution in [0.1, 0.15) is 24.3 Å². The van der Waals surface area contributed by atoms with Crippen LogP contribution in [0.5, 0.6) is 0 Å². The summed E-state index contributed by atoms with van der Waals surface area (Å²) < 4.78 is 1.43. The smallest absolute Gasteiger partial charge is 0.245 e. The molecular weight excluding hydrogens is 316 g/mol. The fraction of sp³-hybridized carbons (Fsp3) is 0.250. The predicted molar refractivity (Wildman–Crippen MR) is 85.3 cm³/mol. The molecule has 1 atom stereocenters. The van der Waals surface area contributed by atoms with Crippen LogP contribution < -0.4 is 5.32 Å². The van der Waals surface area contributed by atoms with Gasteiger partial charge >= 0.3 is 0 Å². The maximum absolute atomic E-state index is 12.3. The van der Waals surface area contributed by atoms with E-state index in [2.05, 4.69) is 10.4 Å². The van der Waals surface area contributed by atoms with Crippen LogP contribution in [0.25, 0.3) is 5.69 Å². The monoisotopic (exact) mass is 330 g/mol. The van der Waals surface area contributed by atoms with Crippen LogP contribution in [-0.4, -0.2) is 27.5 Å². The second-order valence-electron chi connectivity index (χ2n) is 5.19. The van der Waals surface area contributed by atoms with E-state index in [0.717, 1.165) is 0 Å². The Labute approximate surface area is 138 Å². The number of halogens is 1. The molecule has 118 valence electrons. The van der Waals surface area contributed by atoms with Gasteiger partial charge in [-0.1, -0.05) is 23.7 Å². The third-order valence-electron chi connectivity index (χ3n) is 3.03. The van der Waals surface area contributed by atoms with E-state index in [1.807, 2.05) is 0 Å². The predicted octanol–water partition coefficient (Wildman–Crippen LogP) is 2.37. The van der Waals surface area contributed by atoms with Gasteiger partial charge in [0.1, 0.15) is 5.69 Å². The highest BCUT2D eigenvalue weighted by Gasteiger charge is 2.29. The fourth-order valence-corrected chi connectivity index (χ4v) is 2.20. The van der Waals surface area contributed by atoms with Crippen molar-refractivity contribution in [2.24, 2.45) is 5.92 Å². The van der Waals surface area contributed by atoms with E-state index in [4.69, 9.17) is 16.9 Å². The topological polar surface area (TPSA) is 87.8 Å². The number of rotatable bonds is 5. The molecule has 0 aliphatic heterocycles. The second kappa shape index (κ2) is 7.07. The molecule has 6 nitrogen and oxygen atoms in total. The van der Waals surface area contributed by atoms with E-state index < -0.39 is 17.6 Å². The van der Waals surface area contributed by atoms with Crippen LogP contribution in [0.4, 0.5) is 0 Å². The molecule has 1 aromatic heterocycles. The maximum Gasteiger partial charge on any atom is 0.245 e. The van der Waals surface area contributed by atoms with E-state index >= 15 is 0 Å². The van der Waals surface area contributed by atoms with Gasteiger partial charge in [0.05, 0.1) is 16.8 Å². The molecule has 2 rings (SSSR count). The molecule has 0 bridgehead atoms. The number of hydrogen-bond donors (Lipinski definition) is 1. The van der Waals surface area contributed by atoms with E-state index in [-0.39, 0.29) is 11.7 Å². The first kappa shape index (κ1) is 16.7. The molecule has 0 radical (unpaired) electrons. The van der Waals surface area contributed by atoms with E-state index in [0.29, 0.717) is 10.7 Å². The van der Waals surface area contributed by atoms with Gasteiger partial charge in [0.25, 0.3) is 0 Å². The van der Waals surface area contributed by atoms with Gasteiger partial charge in [-0.25, -0.2) is 4.68 Å². The molecule has 0 unspecified atom stereocenters. The Hall–Kier alpha value is -2.65. The number of carbonyl (C=O) groups excluding carboxylic acids is 2. The molecule has 1 amide bonds. The SMILES string of the molecule is CC(C)NC(=O)[C@H](C#N)C(=O)c1ccn(-c2ccccc2Cl)n1. The quantitative estimate of drug-likeness (QED) is 0.673. The van der Waals surface area contributed by atoms with Gasteiger partial charge in [0.2, 0.25) is 11.7 Å². The largest absolute Gasteiger partial charge is 0.352 e. The Bertz CT molecular complexity index is 776. The molecule has 23 heavy (non-hydrogen) atoms. The normalized spacial score (nSPS) is 11.8. The Balaban J connectivity index is 2.26. The third-order valence-corrected chi connectivity index (χ3v) is 3.34. The molecule has 1 heterocycles. The summed E-state index contributed by atoms with van der Waals surface area (Å²) in [5.74, 6) is -2.69. The molecule has 7 heteroatoms. The van der Waals surface area contributed by atoms with Crippen LogP contribution in [0.2, 0.25) is 5.02 Å². The number of nitrogens with zero attached hydrogens (tertiary/aromatic N) is 3. The Morgan fingerprint density at radius 3 is 2.61 bits per heavy atom. The van der Waals surface area contributed by atoms with Crippen LogP contribution in [0.3, 0.4) is 0 Å². The summed E-state index contributed by atoms with van der Waals surface area (Å²) in [4.78, 5) is 24.3. The van der Waals surface area contributed by atoms with Crippen molar-refractivity contribution in [1.82, 2.24) is 15.1 Å². The summed E-state index contributed by atoms with van der Waals surface area (Å²) in [7, 11) is 0. The lowest BCUT2D eigenvalue weighted by molar-refractivity contribution is -0.122. The molecule has 2 aromatic rings. The van der Waals surface area contributed by atoms with Gasteiger partial charge in [0, 0.05) is 12.2 Å². The summed E-state index contributed by atoms with van der Waals surface area (Å²) in [5.41, 5.74) is 0.642. The summed E-state index contributed by atoms with van der Waals surface area (Å²) >= 11 is 6.08. The first-order valence-corrected chi connectivity index (χ1v) is 7.36. The average Bonchev–Trinajstić information content (AvgIpc) is 2.97. The van der Waals surface area contributed by atoms with Gasteiger partial charge in [-0.15, -0.1) is 0 Å².